The quantitative estimate of drug-likeness (QED) is 0.405. The first-order chi connectivity index (χ1) is 13.2. The van der Waals surface area contributed by atoms with Crippen molar-refractivity contribution in [2.24, 2.45) is 5.10 Å². The summed E-state index contributed by atoms with van der Waals surface area (Å²) in [4.78, 5) is 11.9. The maximum atomic E-state index is 11.9. The first kappa shape index (κ1) is 17.1. The standard InChI is InChI=1S/C21H16ClN3O2/c22-17-9-7-15(8-10-17)13-25-14-16(18-4-1-2-5-19(18)25)12-23-24-21(26)20-6-3-11-27-20/h1-12,14H,13H2,(H,24,26). The lowest BCUT2D eigenvalue weighted by molar-refractivity contribution is 0.0927. The molecule has 0 unspecified atom stereocenters. The maximum absolute atomic E-state index is 11.9. The van der Waals surface area contributed by atoms with E-state index in [9.17, 15) is 4.79 Å². The number of halogens is 1. The predicted molar refractivity (Wildman–Crippen MR) is 106 cm³/mol. The average molecular weight is 378 g/mol. The Morgan fingerprint density at radius 1 is 1.11 bits per heavy atom. The lowest BCUT2D eigenvalue weighted by atomic mass is 10.2. The molecule has 1 N–H and O–H groups in total. The second kappa shape index (κ2) is 7.51. The Morgan fingerprint density at radius 3 is 2.70 bits per heavy atom. The van der Waals surface area contributed by atoms with Gasteiger partial charge in [-0.2, -0.15) is 5.10 Å². The lowest BCUT2D eigenvalue weighted by Gasteiger charge is -2.05. The third-order valence-corrected chi connectivity index (χ3v) is 4.45. The number of nitrogens with one attached hydrogen (secondary N) is 1. The van der Waals surface area contributed by atoms with Crippen molar-refractivity contribution in [1.29, 1.82) is 0 Å². The van der Waals surface area contributed by atoms with E-state index < -0.39 is 0 Å². The highest BCUT2D eigenvalue weighted by Gasteiger charge is 2.09. The number of aromatic nitrogens is 1. The van der Waals surface area contributed by atoms with Crippen molar-refractivity contribution in [3.05, 3.63) is 95.0 Å². The molecule has 0 bridgehead atoms. The molecular formula is C21H16ClN3O2. The fourth-order valence-corrected chi connectivity index (χ4v) is 3.04. The van der Waals surface area contributed by atoms with Gasteiger partial charge in [0.1, 0.15) is 0 Å². The molecule has 0 radical (unpaired) electrons. The van der Waals surface area contributed by atoms with Crippen molar-refractivity contribution < 1.29 is 9.21 Å². The Kier molecular flexibility index (Phi) is 4.77. The van der Waals surface area contributed by atoms with Crippen LogP contribution in [0.25, 0.3) is 10.9 Å². The molecule has 2 aromatic heterocycles. The van der Waals surface area contributed by atoms with E-state index in [4.69, 9.17) is 16.0 Å². The van der Waals surface area contributed by atoms with Crippen LogP contribution in [0.1, 0.15) is 21.7 Å². The van der Waals surface area contributed by atoms with Crippen LogP contribution < -0.4 is 5.43 Å². The molecule has 2 aromatic carbocycles. The molecule has 0 aliphatic carbocycles. The van der Waals surface area contributed by atoms with Crippen molar-refractivity contribution in [1.82, 2.24) is 9.99 Å². The Hall–Kier alpha value is -3.31. The molecule has 0 saturated carbocycles. The molecule has 0 aliphatic heterocycles. The number of benzene rings is 2. The van der Waals surface area contributed by atoms with E-state index in [2.05, 4.69) is 21.2 Å². The third-order valence-electron chi connectivity index (χ3n) is 4.20. The van der Waals surface area contributed by atoms with Crippen LogP contribution >= 0.6 is 11.6 Å². The molecular weight excluding hydrogens is 362 g/mol. The van der Waals surface area contributed by atoms with Crippen LogP contribution in [0.15, 0.2) is 82.6 Å². The van der Waals surface area contributed by atoms with E-state index in [-0.39, 0.29) is 11.7 Å². The average Bonchev–Trinajstić information content (AvgIpc) is 3.33. The van der Waals surface area contributed by atoms with Crippen LogP contribution in [0.3, 0.4) is 0 Å². The van der Waals surface area contributed by atoms with E-state index in [1.54, 1.807) is 18.3 Å². The fourth-order valence-electron chi connectivity index (χ4n) is 2.92. The van der Waals surface area contributed by atoms with Gasteiger partial charge in [-0.25, -0.2) is 5.43 Å². The zero-order valence-corrected chi connectivity index (χ0v) is 15.1. The fraction of sp³-hybridized carbons (Fsp3) is 0.0476. The van der Waals surface area contributed by atoms with Crippen molar-refractivity contribution in [3.63, 3.8) is 0 Å². The largest absolute Gasteiger partial charge is 0.459 e. The van der Waals surface area contributed by atoms with Crippen LogP contribution in [0.5, 0.6) is 0 Å². The van der Waals surface area contributed by atoms with Gasteiger partial charge in [0.2, 0.25) is 0 Å². The monoisotopic (exact) mass is 377 g/mol. The number of hydrogen-bond donors (Lipinski definition) is 1. The first-order valence-electron chi connectivity index (χ1n) is 8.40. The van der Waals surface area contributed by atoms with Gasteiger partial charge in [-0.15, -0.1) is 0 Å². The van der Waals surface area contributed by atoms with Gasteiger partial charge >= 0.3 is 5.91 Å². The molecule has 0 saturated heterocycles. The molecule has 0 fully saturated rings. The predicted octanol–water partition coefficient (Wildman–Crippen LogP) is 4.70. The molecule has 134 valence electrons. The summed E-state index contributed by atoms with van der Waals surface area (Å²) >= 11 is 5.97. The van der Waals surface area contributed by atoms with Crippen LogP contribution in [0, 0.1) is 0 Å². The number of amides is 1. The number of nitrogens with zero attached hydrogens (tertiary/aromatic N) is 2. The minimum absolute atomic E-state index is 0.220. The minimum atomic E-state index is -0.388. The zero-order valence-electron chi connectivity index (χ0n) is 14.3. The number of furan rings is 1. The number of rotatable bonds is 5. The van der Waals surface area contributed by atoms with Crippen LogP contribution in [0.2, 0.25) is 5.02 Å². The molecule has 6 heteroatoms. The van der Waals surface area contributed by atoms with Gasteiger partial charge in [-0.05, 0) is 35.9 Å². The lowest BCUT2D eigenvalue weighted by Crippen LogP contribution is -2.16. The normalized spacial score (nSPS) is 11.3. The molecule has 5 nitrogen and oxygen atoms in total. The molecule has 0 aliphatic rings. The summed E-state index contributed by atoms with van der Waals surface area (Å²) in [5.41, 5.74) is 5.63. The highest BCUT2D eigenvalue weighted by molar-refractivity contribution is 6.30. The highest BCUT2D eigenvalue weighted by atomic mass is 35.5. The van der Waals surface area contributed by atoms with Gasteiger partial charge < -0.3 is 8.98 Å². The summed E-state index contributed by atoms with van der Waals surface area (Å²) in [5.74, 6) is -0.168. The van der Waals surface area contributed by atoms with E-state index in [1.165, 1.54) is 6.26 Å². The highest BCUT2D eigenvalue weighted by Crippen LogP contribution is 2.21. The van der Waals surface area contributed by atoms with Gasteiger partial charge in [0.05, 0.1) is 12.5 Å². The number of hydrazone groups is 1. The summed E-state index contributed by atoms with van der Waals surface area (Å²) in [6, 6.07) is 19.1. The van der Waals surface area contributed by atoms with E-state index in [1.807, 2.05) is 48.7 Å². The Morgan fingerprint density at radius 2 is 1.93 bits per heavy atom. The van der Waals surface area contributed by atoms with Gasteiger partial charge in [0.15, 0.2) is 5.76 Å². The Bertz CT molecular complexity index is 1100. The zero-order chi connectivity index (χ0) is 18.6. The van der Waals surface area contributed by atoms with E-state index >= 15 is 0 Å². The number of para-hydroxylation sites is 1. The maximum Gasteiger partial charge on any atom is 0.307 e. The summed E-state index contributed by atoms with van der Waals surface area (Å²) in [6.45, 7) is 0.713. The van der Waals surface area contributed by atoms with Crippen molar-refractivity contribution in [2.75, 3.05) is 0 Å². The van der Waals surface area contributed by atoms with Crippen molar-refractivity contribution in [3.8, 4) is 0 Å². The van der Waals surface area contributed by atoms with E-state index in [0.29, 0.717) is 6.54 Å². The molecule has 4 aromatic rings. The first-order valence-corrected chi connectivity index (χ1v) is 8.78. The second-order valence-electron chi connectivity index (χ2n) is 6.03. The molecule has 0 atom stereocenters. The summed E-state index contributed by atoms with van der Waals surface area (Å²) in [6.07, 6.45) is 5.10. The summed E-state index contributed by atoms with van der Waals surface area (Å²) in [7, 11) is 0. The number of hydrogen-bond acceptors (Lipinski definition) is 3. The minimum Gasteiger partial charge on any atom is -0.459 e. The molecule has 4 rings (SSSR count). The second-order valence-corrected chi connectivity index (χ2v) is 6.47. The number of carbonyl (C=O) groups excluding carboxylic acids is 1. The van der Waals surface area contributed by atoms with Gasteiger partial charge in [-0.3, -0.25) is 4.79 Å². The number of carbonyl (C=O) groups is 1. The van der Waals surface area contributed by atoms with Gasteiger partial charge in [-0.1, -0.05) is 41.9 Å². The van der Waals surface area contributed by atoms with E-state index in [0.717, 1.165) is 27.1 Å². The smallest absolute Gasteiger partial charge is 0.307 e. The van der Waals surface area contributed by atoms with Crippen LogP contribution in [-0.2, 0) is 6.54 Å². The molecule has 27 heavy (non-hydrogen) atoms. The Balaban J connectivity index is 1.58. The SMILES string of the molecule is O=C(NN=Cc1cn(Cc2ccc(Cl)cc2)c2ccccc12)c1ccco1. The van der Waals surface area contributed by atoms with Crippen LogP contribution in [-0.4, -0.2) is 16.7 Å². The summed E-state index contributed by atoms with van der Waals surface area (Å²) < 4.78 is 7.19. The van der Waals surface area contributed by atoms with Gasteiger partial charge in [0.25, 0.3) is 0 Å². The number of fused-ring (bicyclic) bond motifs is 1. The molecule has 0 spiro atoms. The topological polar surface area (TPSA) is 59.5 Å². The molecule has 2 heterocycles. The Labute approximate surface area is 160 Å². The van der Waals surface area contributed by atoms with Crippen molar-refractivity contribution >= 4 is 34.6 Å². The van der Waals surface area contributed by atoms with Crippen molar-refractivity contribution in [2.45, 2.75) is 6.54 Å². The van der Waals surface area contributed by atoms with Gasteiger partial charge in [0, 0.05) is 34.2 Å². The van der Waals surface area contributed by atoms with Crippen LogP contribution in [0.4, 0.5) is 0 Å². The summed E-state index contributed by atoms with van der Waals surface area (Å²) in [5, 5.41) is 5.84. The third kappa shape index (κ3) is 3.78. The molecule has 1 amide bonds.